The van der Waals surface area contributed by atoms with Crippen molar-refractivity contribution in [2.75, 3.05) is 26.2 Å². The summed E-state index contributed by atoms with van der Waals surface area (Å²) in [6.45, 7) is 1.23. The maximum atomic E-state index is 12.7. The quantitative estimate of drug-likeness (QED) is 0.694. The van der Waals surface area contributed by atoms with E-state index < -0.39 is 21.8 Å². The zero-order valence-electron chi connectivity index (χ0n) is 15.4. The maximum absolute atomic E-state index is 12.7. The van der Waals surface area contributed by atoms with Gasteiger partial charge in [-0.05, 0) is 30.7 Å². The van der Waals surface area contributed by atoms with Gasteiger partial charge in [-0.15, -0.1) is 5.10 Å². The summed E-state index contributed by atoms with van der Waals surface area (Å²) >= 11 is 0. The fourth-order valence-corrected chi connectivity index (χ4v) is 4.47. The third kappa shape index (κ3) is 5.12. The molecule has 158 valence electrons. The standard InChI is InChI=1S/C17H20F3N5O3S/c18-17(19,20)14-3-5-15(6-4-14)29(27,28)25-12-10-23(11-13-25)16(26)2-1-8-24-9-7-21-22-24/h3-7,9H,1-2,8,10-13H2. The lowest BCUT2D eigenvalue weighted by Gasteiger charge is -2.34. The molecule has 0 atom stereocenters. The number of nitrogens with zero attached hydrogens (tertiary/aromatic N) is 5. The number of hydrogen-bond acceptors (Lipinski definition) is 5. The van der Waals surface area contributed by atoms with Crippen molar-refractivity contribution in [2.24, 2.45) is 0 Å². The first-order chi connectivity index (χ1) is 13.7. The highest BCUT2D eigenvalue weighted by atomic mass is 32.2. The number of halogens is 3. The molecule has 29 heavy (non-hydrogen) atoms. The molecule has 2 aromatic rings. The van der Waals surface area contributed by atoms with E-state index in [9.17, 15) is 26.4 Å². The fourth-order valence-electron chi connectivity index (χ4n) is 3.05. The van der Waals surface area contributed by atoms with E-state index in [4.69, 9.17) is 0 Å². The van der Waals surface area contributed by atoms with Crippen LogP contribution in [-0.2, 0) is 27.5 Å². The molecule has 0 aliphatic carbocycles. The average molecular weight is 431 g/mol. The fraction of sp³-hybridized carbons (Fsp3) is 0.471. The smallest absolute Gasteiger partial charge is 0.340 e. The third-order valence-corrected chi connectivity index (χ3v) is 6.57. The van der Waals surface area contributed by atoms with Gasteiger partial charge < -0.3 is 4.90 Å². The SMILES string of the molecule is O=C(CCCn1ccnn1)N1CCN(S(=O)(=O)c2ccc(C(F)(F)F)cc2)CC1. The van der Waals surface area contributed by atoms with Crippen LogP contribution in [0.5, 0.6) is 0 Å². The molecule has 1 saturated heterocycles. The number of aryl methyl sites for hydroxylation is 1. The monoisotopic (exact) mass is 431 g/mol. The highest BCUT2D eigenvalue weighted by Gasteiger charge is 2.33. The molecular formula is C17H20F3N5O3S. The van der Waals surface area contributed by atoms with Crippen LogP contribution in [0.25, 0.3) is 0 Å². The maximum Gasteiger partial charge on any atom is 0.416 e. The summed E-state index contributed by atoms with van der Waals surface area (Å²) in [6, 6.07) is 3.42. The molecule has 2 heterocycles. The molecule has 1 aromatic heterocycles. The predicted molar refractivity (Wildman–Crippen MR) is 96.0 cm³/mol. The minimum absolute atomic E-state index is 0.0725. The van der Waals surface area contributed by atoms with Crippen LogP contribution in [0.2, 0.25) is 0 Å². The van der Waals surface area contributed by atoms with E-state index in [2.05, 4.69) is 10.3 Å². The molecular weight excluding hydrogens is 411 g/mol. The van der Waals surface area contributed by atoms with Crippen LogP contribution in [0.3, 0.4) is 0 Å². The second kappa shape index (κ2) is 8.49. The van der Waals surface area contributed by atoms with Crippen LogP contribution in [0.15, 0.2) is 41.6 Å². The van der Waals surface area contributed by atoms with E-state index >= 15 is 0 Å². The highest BCUT2D eigenvalue weighted by molar-refractivity contribution is 7.89. The lowest BCUT2D eigenvalue weighted by atomic mass is 10.2. The lowest BCUT2D eigenvalue weighted by molar-refractivity contribution is -0.137. The third-order valence-electron chi connectivity index (χ3n) is 4.66. The van der Waals surface area contributed by atoms with Gasteiger partial charge in [0.05, 0.1) is 16.7 Å². The second-order valence-electron chi connectivity index (χ2n) is 6.58. The minimum Gasteiger partial charge on any atom is -0.340 e. The number of sulfonamides is 1. The summed E-state index contributed by atoms with van der Waals surface area (Å²) in [5.41, 5.74) is -0.905. The zero-order valence-corrected chi connectivity index (χ0v) is 16.2. The number of amides is 1. The number of hydrogen-bond donors (Lipinski definition) is 0. The van der Waals surface area contributed by atoms with Crippen LogP contribution < -0.4 is 0 Å². The Balaban J connectivity index is 1.53. The molecule has 1 aromatic carbocycles. The van der Waals surface area contributed by atoms with Crippen molar-refractivity contribution in [2.45, 2.75) is 30.5 Å². The van der Waals surface area contributed by atoms with E-state index in [0.717, 1.165) is 24.3 Å². The first-order valence-corrected chi connectivity index (χ1v) is 10.4. The molecule has 0 radical (unpaired) electrons. The van der Waals surface area contributed by atoms with Crippen LogP contribution in [0, 0.1) is 0 Å². The number of carbonyl (C=O) groups excluding carboxylic acids is 1. The largest absolute Gasteiger partial charge is 0.416 e. The molecule has 1 amide bonds. The molecule has 0 saturated carbocycles. The van der Waals surface area contributed by atoms with E-state index in [0.29, 0.717) is 19.4 Å². The lowest BCUT2D eigenvalue weighted by Crippen LogP contribution is -2.50. The Morgan fingerprint density at radius 1 is 1.07 bits per heavy atom. The van der Waals surface area contributed by atoms with Gasteiger partial charge in [0.25, 0.3) is 0 Å². The second-order valence-corrected chi connectivity index (χ2v) is 8.51. The number of benzene rings is 1. The van der Waals surface area contributed by atoms with Crippen molar-refractivity contribution >= 4 is 15.9 Å². The molecule has 0 N–H and O–H groups in total. The predicted octanol–water partition coefficient (Wildman–Crippen LogP) is 1.61. The van der Waals surface area contributed by atoms with Gasteiger partial charge in [-0.1, -0.05) is 5.21 Å². The molecule has 1 aliphatic heterocycles. The molecule has 0 unspecified atom stereocenters. The molecule has 8 nitrogen and oxygen atoms in total. The van der Waals surface area contributed by atoms with Gasteiger partial charge in [-0.25, -0.2) is 8.42 Å². The first kappa shape index (κ1) is 21.2. The molecule has 3 rings (SSSR count). The summed E-state index contributed by atoms with van der Waals surface area (Å²) in [4.78, 5) is 13.7. The van der Waals surface area contributed by atoms with Gasteiger partial charge in [-0.2, -0.15) is 17.5 Å². The Bertz CT molecular complexity index is 922. The summed E-state index contributed by atoms with van der Waals surface area (Å²) in [7, 11) is -3.91. The van der Waals surface area contributed by atoms with Crippen molar-refractivity contribution in [3.8, 4) is 0 Å². The topological polar surface area (TPSA) is 88.4 Å². The van der Waals surface area contributed by atoms with Crippen LogP contribution in [0.4, 0.5) is 13.2 Å². The van der Waals surface area contributed by atoms with E-state index in [1.54, 1.807) is 22.0 Å². The van der Waals surface area contributed by atoms with Gasteiger partial charge in [0.15, 0.2) is 0 Å². The zero-order chi connectivity index (χ0) is 21.1. The normalized spacial score (nSPS) is 16.2. The van der Waals surface area contributed by atoms with Gasteiger partial charge in [0.2, 0.25) is 15.9 Å². The van der Waals surface area contributed by atoms with E-state index in [1.165, 1.54) is 4.31 Å². The van der Waals surface area contributed by atoms with E-state index in [1.807, 2.05) is 0 Å². The van der Waals surface area contributed by atoms with Crippen LogP contribution >= 0.6 is 0 Å². The van der Waals surface area contributed by atoms with Crippen molar-refractivity contribution in [1.29, 1.82) is 0 Å². The van der Waals surface area contributed by atoms with Crippen LogP contribution in [-0.4, -0.2) is 64.7 Å². The number of rotatable bonds is 6. The molecule has 0 bridgehead atoms. The Kier molecular flexibility index (Phi) is 6.22. The number of aromatic nitrogens is 3. The summed E-state index contributed by atoms with van der Waals surface area (Å²) in [5.74, 6) is -0.0725. The van der Waals surface area contributed by atoms with Gasteiger partial charge in [0.1, 0.15) is 0 Å². The number of alkyl halides is 3. The van der Waals surface area contributed by atoms with Crippen molar-refractivity contribution in [1.82, 2.24) is 24.2 Å². The van der Waals surface area contributed by atoms with E-state index in [-0.39, 0.29) is 37.0 Å². The Labute approximate surface area is 166 Å². The van der Waals surface area contributed by atoms with Crippen molar-refractivity contribution in [3.05, 3.63) is 42.2 Å². The van der Waals surface area contributed by atoms with Gasteiger partial charge in [-0.3, -0.25) is 9.48 Å². The highest BCUT2D eigenvalue weighted by Crippen LogP contribution is 2.30. The summed E-state index contributed by atoms with van der Waals surface area (Å²) in [5, 5.41) is 7.50. The molecule has 12 heteroatoms. The number of carbonyl (C=O) groups is 1. The number of piperazine rings is 1. The average Bonchev–Trinajstić information content (AvgIpc) is 3.21. The van der Waals surface area contributed by atoms with Gasteiger partial charge >= 0.3 is 6.18 Å². The van der Waals surface area contributed by atoms with Crippen molar-refractivity contribution < 1.29 is 26.4 Å². The Morgan fingerprint density at radius 3 is 2.28 bits per heavy atom. The molecule has 1 aliphatic rings. The van der Waals surface area contributed by atoms with Crippen LogP contribution in [0.1, 0.15) is 18.4 Å². The van der Waals surface area contributed by atoms with Gasteiger partial charge in [0, 0.05) is 45.3 Å². The summed E-state index contributed by atoms with van der Waals surface area (Å²) < 4.78 is 66.1. The molecule has 1 fully saturated rings. The summed E-state index contributed by atoms with van der Waals surface area (Å²) in [6.07, 6.45) is -0.368. The van der Waals surface area contributed by atoms with Crippen molar-refractivity contribution in [3.63, 3.8) is 0 Å². The Morgan fingerprint density at radius 2 is 1.72 bits per heavy atom. The Hall–Kier alpha value is -2.47. The molecule has 0 spiro atoms. The first-order valence-electron chi connectivity index (χ1n) is 8.97. The minimum atomic E-state index is -4.53.